The molecule has 0 radical (unpaired) electrons. The third kappa shape index (κ3) is 4.06. The van der Waals surface area contributed by atoms with Crippen molar-refractivity contribution in [2.75, 3.05) is 36.3 Å². The number of morpholine rings is 1. The molecule has 0 saturated carbocycles. The predicted molar refractivity (Wildman–Crippen MR) is 98.8 cm³/mol. The Hall–Kier alpha value is -3.00. The Bertz CT molecular complexity index is 1240. The molecule has 6 nitrogen and oxygen atoms in total. The molecule has 27 heavy (non-hydrogen) atoms. The molecular formula is C19H19F2N5O. The summed E-state index contributed by atoms with van der Waals surface area (Å²) >= 11 is 0. The highest BCUT2D eigenvalue weighted by Crippen LogP contribution is 2.25. The van der Waals surface area contributed by atoms with Crippen molar-refractivity contribution in [1.29, 1.82) is 0 Å². The zero-order chi connectivity index (χ0) is 26.0. The second-order valence-electron chi connectivity index (χ2n) is 5.69. The summed E-state index contributed by atoms with van der Waals surface area (Å²) in [5.41, 5.74) is 0.635. The van der Waals surface area contributed by atoms with E-state index < -0.39 is 37.7 Å². The molecule has 0 unspecified atom stereocenters. The molecule has 0 atom stereocenters. The molecule has 1 aliphatic heterocycles. The summed E-state index contributed by atoms with van der Waals surface area (Å²) in [6, 6.07) is 7.03. The van der Waals surface area contributed by atoms with Crippen LogP contribution >= 0.6 is 0 Å². The van der Waals surface area contributed by atoms with Crippen LogP contribution in [0.1, 0.15) is 16.5 Å². The van der Waals surface area contributed by atoms with Gasteiger partial charge in [0, 0.05) is 30.4 Å². The van der Waals surface area contributed by atoms with Gasteiger partial charge in [0.1, 0.15) is 18.0 Å². The molecule has 8 heteroatoms. The number of hydrogen-bond acceptors (Lipinski definition) is 5. The van der Waals surface area contributed by atoms with Crippen LogP contribution in [0.4, 0.5) is 26.1 Å². The van der Waals surface area contributed by atoms with E-state index >= 15 is 0 Å². The molecule has 1 N–H and O–H groups in total. The Morgan fingerprint density at radius 2 is 1.78 bits per heavy atom. The molecule has 2 heterocycles. The van der Waals surface area contributed by atoms with E-state index in [4.69, 9.17) is 11.0 Å². The van der Waals surface area contributed by atoms with Crippen molar-refractivity contribution >= 4 is 17.3 Å². The molecule has 0 bridgehead atoms. The van der Waals surface area contributed by atoms with Crippen molar-refractivity contribution in [1.82, 2.24) is 14.8 Å². The quantitative estimate of drug-likeness (QED) is 0.753. The highest BCUT2D eigenvalue weighted by molar-refractivity contribution is 5.64. The lowest BCUT2D eigenvalue weighted by atomic mass is 10.1. The molecule has 3 aromatic rings. The highest BCUT2D eigenvalue weighted by Gasteiger charge is 2.13. The fraction of sp³-hybridized carbons (Fsp3) is 0.263. The third-order valence-corrected chi connectivity index (χ3v) is 3.60. The van der Waals surface area contributed by atoms with Crippen molar-refractivity contribution in [3.05, 3.63) is 59.9 Å². The maximum Gasteiger partial charge on any atom is 0.246 e. The van der Waals surface area contributed by atoms with Gasteiger partial charge in [0.2, 0.25) is 5.95 Å². The van der Waals surface area contributed by atoms with Crippen molar-refractivity contribution in [2.45, 2.75) is 6.92 Å². The van der Waals surface area contributed by atoms with Crippen LogP contribution in [0.25, 0.3) is 5.69 Å². The first-order valence-corrected chi connectivity index (χ1v) is 7.81. The van der Waals surface area contributed by atoms with Gasteiger partial charge in [-0.25, -0.2) is 13.5 Å². The van der Waals surface area contributed by atoms with E-state index in [1.807, 2.05) is 0 Å². The van der Waals surface area contributed by atoms with Crippen LogP contribution in [0.15, 0.2) is 42.7 Å². The fourth-order valence-corrected chi connectivity index (χ4v) is 2.53. The van der Waals surface area contributed by atoms with Crippen molar-refractivity contribution < 1.29 is 24.5 Å². The predicted octanol–water partition coefficient (Wildman–Crippen LogP) is 3.43. The van der Waals surface area contributed by atoms with Crippen molar-refractivity contribution in [3.63, 3.8) is 0 Å². The number of halogens is 2. The van der Waals surface area contributed by atoms with Gasteiger partial charge in [-0.3, -0.25) is 0 Å². The number of hydrogen-bond donors (Lipinski definition) is 1. The summed E-state index contributed by atoms with van der Waals surface area (Å²) < 4.78 is 97.1. The molecular weight excluding hydrogens is 352 g/mol. The highest BCUT2D eigenvalue weighted by atomic mass is 19.1. The fourth-order valence-electron chi connectivity index (χ4n) is 2.53. The number of anilines is 3. The van der Waals surface area contributed by atoms with Crippen LogP contribution in [-0.4, -0.2) is 40.9 Å². The number of aryl methyl sites for hydroxylation is 1. The topological polar surface area (TPSA) is 55.2 Å². The number of ether oxygens (including phenoxy) is 1. The molecule has 1 aromatic heterocycles. The zero-order valence-corrected chi connectivity index (χ0v) is 14.0. The van der Waals surface area contributed by atoms with E-state index in [-0.39, 0.29) is 23.0 Å². The largest absolute Gasteiger partial charge is 0.378 e. The van der Waals surface area contributed by atoms with Crippen LogP contribution in [-0.2, 0) is 4.74 Å². The SMILES string of the molecule is [2H]C1([2H])OC([2H])([2H])C([2H])([2H])N(c2cc(C)cc(Nc3ncn(-c4cc(F)cc(F)c4)n3)c2)C1([2H])[2H]. The number of nitrogens with one attached hydrogen (secondary N) is 1. The molecule has 1 fully saturated rings. The monoisotopic (exact) mass is 379 g/mol. The van der Waals surface area contributed by atoms with E-state index in [2.05, 4.69) is 20.1 Å². The zero-order valence-electron chi connectivity index (χ0n) is 22.0. The second-order valence-corrected chi connectivity index (χ2v) is 5.69. The average molecular weight is 379 g/mol. The number of rotatable bonds is 4. The van der Waals surface area contributed by atoms with Crippen molar-refractivity contribution in [2.24, 2.45) is 0 Å². The summed E-state index contributed by atoms with van der Waals surface area (Å²) in [5, 5.41) is 6.91. The summed E-state index contributed by atoms with van der Waals surface area (Å²) in [6.07, 6.45) is 1.20. The molecule has 140 valence electrons. The third-order valence-electron chi connectivity index (χ3n) is 3.60. The lowest BCUT2D eigenvalue weighted by molar-refractivity contribution is 0.122. The second kappa shape index (κ2) is 7.32. The summed E-state index contributed by atoms with van der Waals surface area (Å²) in [6.45, 7) is -11.0. The van der Waals surface area contributed by atoms with Gasteiger partial charge < -0.3 is 15.0 Å². The Labute approximate surface area is 166 Å². The summed E-state index contributed by atoms with van der Waals surface area (Å²) in [7, 11) is 0. The first kappa shape index (κ1) is 10.4. The van der Waals surface area contributed by atoms with Crippen LogP contribution in [0.3, 0.4) is 0 Å². The van der Waals surface area contributed by atoms with E-state index in [0.29, 0.717) is 16.5 Å². The minimum absolute atomic E-state index is 0.00937. The van der Waals surface area contributed by atoms with Gasteiger partial charge in [0.25, 0.3) is 0 Å². The summed E-state index contributed by atoms with van der Waals surface area (Å²) in [5.74, 6) is -1.62. The van der Waals surface area contributed by atoms with E-state index in [1.165, 1.54) is 18.5 Å². The molecule has 1 saturated heterocycles. The average Bonchev–Trinajstić information content (AvgIpc) is 3.13. The standard InChI is InChI=1S/C19H19F2N5O/c1-13-6-16(11-17(7-13)25-2-4-27-5-3-25)23-19-22-12-26(24-19)18-9-14(20)8-15(21)10-18/h6-12H,2-5H2,1H3,(H,23,24)/i2D2,3D2,4D2,5D2. The molecule has 0 amide bonds. The van der Waals surface area contributed by atoms with Gasteiger partial charge >= 0.3 is 0 Å². The van der Waals surface area contributed by atoms with E-state index in [9.17, 15) is 8.78 Å². The minimum Gasteiger partial charge on any atom is -0.378 e. The smallest absolute Gasteiger partial charge is 0.246 e. The molecule has 2 aromatic carbocycles. The van der Waals surface area contributed by atoms with Gasteiger partial charge in [-0.05, 0) is 42.8 Å². The Morgan fingerprint density at radius 1 is 1.04 bits per heavy atom. The van der Waals surface area contributed by atoms with Crippen molar-refractivity contribution in [3.8, 4) is 5.69 Å². The van der Waals surface area contributed by atoms with Gasteiger partial charge in [0.15, 0.2) is 0 Å². The lowest BCUT2D eigenvalue weighted by Gasteiger charge is -2.29. The number of aromatic nitrogens is 3. The minimum atomic E-state index is -3.19. The van der Waals surface area contributed by atoms with Gasteiger partial charge in [-0.1, -0.05) is 0 Å². The molecule has 0 aliphatic carbocycles. The molecule has 1 aliphatic rings. The van der Waals surface area contributed by atoms with Crippen LogP contribution < -0.4 is 10.2 Å². The normalized spacial score (nSPS) is 26.3. The molecule has 4 rings (SSSR count). The van der Waals surface area contributed by atoms with Crippen LogP contribution in [0, 0.1) is 18.6 Å². The lowest BCUT2D eigenvalue weighted by Crippen LogP contribution is -2.36. The van der Waals surface area contributed by atoms with E-state index in [1.54, 1.807) is 13.0 Å². The number of nitrogens with zero attached hydrogens (tertiary/aromatic N) is 4. The number of benzene rings is 2. The van der Waals surface area contributed by atoms with Gasteiger partial charge in [0.05, 0.1) is 29.8 Å². The first-order chi connectivity index (χ1) is 16.0. The van der Waals surface area contributed by atoms with Gasteiger partial charge in [-0.2, -0.15) is 4.98 Å². The van der Waals surface area contributed by atoms with Crippen LogP contribution in [0.5, 0.6) is 0 Å². The van der Waals surface area contributed by atoms with E-state index in [0.717, 1.165) is 16.8 Å². The Morgan fingerprint density at radius 3 is 2.52 bits per heavy atom. The maximum absolute atomic E-state index is 13.5. The van der Waals surface area contributed by atoms with Gasteiger partial charge in [-0.15, -0.1) is 5.10 Å². The molecule has 0 spiro atoms. The first-order valence-electron chi connectivity index (χ1n) is 11.8. The maximum atomic E-state index is 13.5. The van der Waals surface area contributed by atoms with Crippen LogP contribution in [0.2, 0.25) is 0 Å². The summed E-state index contributed by atoms with van der Waals surface area (Å²) in [4.78, 5) is 4.38. The Kier molecular flexibility index (Phi) is 2.81. The Balaban J connectivity index is 1.71.